The molecule has 1 N–H and O–H groups in total. The lowest BCUT2D eigenvalue weighted by Crippen LogP contribution is -2.48. The van der Waals surface area contributed by atoms with Crippen LogP contribution in [0.25, 0.3) is 0 Å². The Morgan fingerprint density at radius 2 is 2.32 bits per heavy atom. The van der Waals surface area contributed by atoms with Crippen LogP contribution in [0.1, 0.15) is 31.5 Å². The molecule has 0 radical (unpaired) electrons. The number of likely N-dealkylation sites (tertiary alicyclic amines) is 1. The Kier molecular flexibility index (Phi) is 5.97. The van der Waals surface area contributed by atoms with Gasteiger partial charge < -0.3 is 19.3 Å². The standard InChI is InChI=1S/C16H27N3O3/c1-14-17-7-11-19(14)10-4-9-18-8-3-5-16(13-18,15(20)21)6-12-22-2/h7,11H,3-6,8-10,12-13H2,1-2H3,(H,20,21)/t16-/m0/s1. The Morgan fingerprint density at radius 1 is 1.50 bits per heavy atom. The van der Waals surface area contributed by atoms with Crippen LogP contribution in [-0.2, 0) is 16.1 Å². The maximum Gasteiger partial charge on any atom is 0.311 e. The Labute approximate surface area is 132 Å². The van der Waals surface area contributed by atoms with Crippen LogP contribution in [0, 0.1) is 12.3 Å². The fourth-order valence-electron chi connectivity index (χ4n) is 3.31. The molecule has 1 fully saturated rings. The van der Waals surface area contributed by atoms with Crippen LogP contribution in [0.3, 0.4) is 0 Å². The number of hydrogen-bond acceptors (Lipinski definition) is 4. The highest BCUT2D eigenvalue weighted by Gasteiger charge is 2.41. The summed E-state index contributed by atoms with van der Waals surface area (Å²) in [6.45, 7) is 6.00. The van der Waals surface area contributed by atoms with E-state index in [0.717, 1.165) is 44.7 Å². The summed E-state index contributed by atoms with van der Waals surface area (Å²) in [4.78, 5) is 18.2. The average Bonchev–Trinajstić information content (AvgIpc) is 2.91. The van der Waals surface area contributed by atoms with Crippen molar-refractivity contribution in [3.8, 4) is 0 Å². The van der Waals surface area contributed by atoms with E-state index >= 15 is 0 Å². The highest BCUT2D eigenvalue weighted by Crippen LogP contribution is 2.34. The molecule has 6 heteroatoms. The van der Waals surface area contributed by atoms with Gasteiger partial charge >= 0.3 is 5.97 Å². The summed E-state index contributed by atoms with van der Waals surface area (Å²) in [6.07, 6.45) is 7.11. The molecule has 2 heterocycles. The number of imidazole rings is 1. The number of piperidine rings is 1. The van der Waals surface area contributed by atoms with E-state index in [4.69, 9.17) is 4.74 Å². The van der Waals surface area contributed by atoms with E-state index in [-0.39, 0.29) is 0 Å². The summed E-state index contributed by atoms with van der Waals surface area (Å²) in [5.41, 5.74) is -0.640. The number of hydrogen-bond donors (Lipinski definition) is 1. The van der Waals surface area contributed by atoms with Gasteiger partial charge in [0.25, 0.3) is 0 Å². The molecule has 1 saturated heterocycles. The lowest BCUT2D eigenvalue weighted by molar-refractivity contribution is -0.154. The van der Waals surface area contributed by atoms with Crippen molar-refractivity contribution < 1.29 is 14.6 Å². The highest BCUT2D eigenvalue weighted by atomic mass is 16.5. The van der Waals surface area contributed by atoms with Crippen molar-refractivity contribution in [1.29, 1.82) is 0 Å². The van der Waals surface area contributed by atoms with Crippen molar-refractivity contribution in [3.63, 3.8) is 0 Å². The molecule has 1 aromatic rings. The van der Waals surface area contributed by atoms with Crippen LogP contribution in [-0.4, -0.2) is 58.9 Å². The number of methoxy groups -OCH3 is 1. The lowest BCUT2D eigenvalue weighted by atomic mass is 9.77. The largest absolute Gasteiger partial charge is 0.481 e. The van der Waals surface area contributed by atoms with Gasteiger partial charge in [-0.2, -0.15) is 0 Å². The van der Waals surface area contributed by atoms with Gasteiger partial charge in [-0.1, -0.05) is 0 Å². The molecule has 0 bridgehead atoms. The number of aromatic nitrogens is 2. The summed E-state index contributed by atoms with van der Waals surface area (Å²) < 4.78 is 7.24. The van der Waals surface area contributed by atoms with Crippen LogP contribution in [0.2, 0.25) is 0 Å². The third-order valence-electron chi connectivity index (χ3n) is 4.69. The third kappa shape index (κ3) is 4.08. The molecule has 0 aromatic carbocycles. The van der Waals surface area contributed by atoms with Gasteiger partial charge in [-0.3, -0.25) is 4.79 Å². The monoisotopic (exact) mass is 309 g/mol. The molecule has 0 spiro atoms. The van der Waals surface area contributed by atoms with Crippen LogP contribution in [0.15, 0.2) is 12.4 Å². The van der Waals surface area contributed by atoms with Gasteiger partial charge in [0.15, 0.2) is 0 Å². The van der Waals surface area contributed by atoms with Gasteiger partial charge in [-0.05, 0) is 45.7 Å². The molecule has 22 heavy (non-hydrogen) atoms. The minimum atomic E-state index is -0.681. The molecule has 0 aliphatic carbocycles. The predicted octanol–water partition coefficient (Wildman–Crippen LogP) is 1.78. The first-order valence-electron chi connectivity index (χ1n) is 8.00. The molecule has 0 saturated carbocycles. The minimum Gasteiger partial charge on any atom is -0.481 e. The number of ether oxygens (including phenoxy) is 1. The minimum absolute atomic E-state index is 0.508. The van der Waals surface area contributed by atoms with Gasteiger partial charge in [0, 0.05) is 39.2 Å². The molecule has 124 valence electrons. The van der Waals surface area contributed by atoms with Gasteiger partial charge in [0.05, 0.1) is 5.41 Å². The number of nitrogens with zero attached hydrogens (tertiary/aromatic N) is 3. The molecular weight excluding hydrogens is 282 g/mol. The number of carboxylic acids is 1. The Bertz CT molecular complexity index is 489. The fourth-order valence-corrected chi connectivity index (χ4v) is 3.31. The van der Waals surface area contributed by atoms with Crippen molar-refractivity contribution in [2.75, 3.05) is 33.4 Å². The first kappa shape index (κ1) is 17.0. The van der Waals surface area contributed by atoms with Crippen molar-refractivity contribution in [3.05, 3.63) is 18.2 Å². The van der Waals surface area contributed by atoms with Crippen molar-refractivity contribution in [2.24, 2.45) is 5.41 Å². The SMILES string of the molecule is COCC[C@@]1(C(=O)O)CCCN(CCCn2ccnc2C)C1. The summed E-state index contributed by atoms with van der Waals surface area (Å²) in [5, 5.41) is 9.65. The number of carbonyl (C=O) groups is 1. The number of aryl methyl sites for hydroxylation is 2. The smallest absolute Gasteiger partial charge is 0.311 e. The zero-order valence-corrected chi connectivity index (χ0v) is 13.6. The highest BCUT2D eigenvalue weighted by molar-refractivity contribution is 5.75. The Balaban J connectivity index is 1.86. The van der Waals surface area contributed by atoms with Crippen molar-refractivity contribution in [1.82, 2.24) is 14.5 Å². The Morgan fingerprint density at radius 3 is 2.95 bits per heavy atom. The molecule has 1 aliphatic heterocycles. The second-order valence-electron chi connectivity index (χ2n) is 6.23. The predicted molar refractivity (Wildman–Crippen MR) is 83.8 cm³/mol. The quantitative estimate of drug-likeness (QED) is 0.793. The molecule has 2 rings (SSSR count). The summed E-state index contributed by atoms with van der Waals surface area (Å²) in [5.74, 6) is 0.346. The van der Waals surface area contributed by atoms with Crippen molar-refractivity contribution >= 4 is 5.97 Å². The first-order valence-corrected chi connectivity index (χ1v) is 8.00. The van der Waals surface area contributed by atoms with E-state index in [0.29, 0.717) is 19.6 Å². The van der Waals surface area contributed by atoms with E-state index in [1.54, 1.807) is 7.11 Å². The molecule has 1 atom stereocenters. The van der Waals surface area contributed by atoms with Crippen LogP contribution in [0.4, 0.5) is 0 Å². The summed E-state index contributed by atoms with van der Waals surface area (Å²) in [6, 6.07) is 0. The molecule has 6 nitrogen and oxygen atoms in total. The molecule has 0 unspecified atom stereocenters. The second-order valence-corrected chi connectivity index (χ2v) is 6.23. The second kappa shape index (κ2) is 7.74. The number of carboxylic acid groups (broad SMARTS) is 1. The topological polar surface area (TPSA) is 67.6 Å². The van der Waals surface area contributed by atoms with Crippen LogP contribution >= 0.6 is 0 Å². The maximum atomic E-state index is 11.7. The van der Waals surface area contributed by atoms with Crippen LogP contribution in [0.5, 0.6) is 0 Å². The van der Waals surface area contributed by atoms with Gasteiger partial charge in [0.2, 0.25) is 0 Å². The van der Waals surface area contributed by atoms with Crippen LogP contribution < -0.4 is 0 Å². The van der Waals surface area contributed by atoms with Gasteiger partial charge in [-0.15, -0.1) is 0 Å². The van der Waals surface area contributed by atoms with Gasteiger partial charge in [-0.25, -0.2) is 4.98 Å². The zero-order valence-electron chi connectivity index (χ0n) is 13.6. The molecule has 0 amide bonds. The molecular formula is C16H27N3O3. The van der Waals surface area contributed by atoms with E-state index in [1.807, 2.05) is 19.3 Å². The summed E-state index contributed by atoms with van der Waals surface area (Å²) in [7, 11) is 1.63. The molecule has 1 aliphatic rings. The van der Waals surface area contributed by atoms with E-state index < -0.39 is 11.4 Å². The zero-order chi connectivity index (χ0) is 16.0. The normalized spacial score (nSPS) is 22.8. The average molecular weight is 309 g/mol. The lowest BCUT2D eigenvalue weighted by Gasteiger charge is -2.40. The third-order valence-corrected chi connectivity index (χ3v) is 4.69. The van der Waals surface area contributed by atoms with E-state index in [2.05, 4.69) is 14.5 Å². The van der Waals surface area contributed by atoms with E-state index in [9.17, 15) is 9.90 Å². The maximum absolute atomic E-state index is 11.7. The number of aliphatic carboxylic acids is 1. The van der Waals surface area contributed by atoms with Crippen molar-refractivity contribution in [2.45, 2.75) is 39.2 Å². The number of rotatable bonds is 8. The summed E-state index contributed by atoms with van der Waals surface area (Å²) >= 11 is 0. The Hall–Kier alpha value is -1.40. The van der Waals surface area contributed by atoms with Gasteiger partial charge in [0.1, 0.15) is 5.82 Å². The fraction of sp³-hybridized carbons (Fsp3) is 0.750. The van der Waals surface area contributed by atoms with E-state index in [1.165, 1.54) is 0 Å². The molecule has 1 aromatic heterocycles. The first-order chi connectivity index (χ1) is 10.6.